The van der Waals surface area contributed by atoms with Crippen molar-refractivity contribution >= 4 is 22.5 Å². The van der Waals surface area contributed by atoms with Crippen LogP contribution in [0.5, 0.6) is 5.75 Å². The lowest BCUT2D eigenvalue weighted by molar-refractivity contribution is 0.102. The number of benzene rings is 2. The number of hydrogen-bond donors (Lipinski definition) is 2. The number of H-pyrrole nitrogens is 1. The predicted molar refractivity (Wildman–Crippen MR) is 100 cm³/mol. The number of nitrogens with one attached hydrogen (secondary N) is 2. The van der Waals surface area contributed by atoms with Gasteiger partial charge >= 0.3 is 0 Å². The number of aryl methyl sites for hydroxylation is 1. The highest BCUT2D eigenvalue weighted by molar-refractivity contribution is 6.06. The first-order valence-electron chi connectivity index (χ1n) is 8.73. The minimum absolute atomic E-state index is 0.0918. The molecule has 25 heavy (non-hydrogen) atoms. The van der Waals surface area contributed by atoms with Crippen molar-refractivity contribution in [3.63, 3.8) is 0 Å². The molecule has 0 aliphatic heterocycles. The molecule has 0 bridgehead atoms. The molecule has 0 saturated carbocycles. The van der Waals surface area contributed by atoms with Crippen molar-refractivity contribution in [2.45, 2.75) is 26.2 Å². The largest absolute Gasteiger partial charge is 0.497 e. The molecule has 2 aromatic carbocycles. The zero-order valence-electron chi connectivity index (χ0n) is 14.6. The van der Waals surface area contributed by atoms with Crippen LogP contribution in [-0.2, 0) is 12.8 Å². The average Bonchev–Trinajstić information content (AvgIpc) is 2.99. The molecule has 1 heterocycles. The Morgan fingerprint density at radius 3 is 2.76 bits per heavy atom. The van der Waals surface area contributed by atoms with E-state index < -0.39 is 0 Å². The number of aromatic amines is 1. The van der Waals surface area contributed by atoms with Gasteiger partial charge in [0, 0.05) is 27.8 Å². The summed E-state index contributed by atoms with van der Waals surface area (Å²) in [7, 11) is 1.63. The number of carbonyl (C=O) groups is 1. The molecule has 4 heteroatoms. The van der Waals surface area contributed by atoms with E-state index in [1.807, 2.05) is 42.5 Å². The SMILES string of the molecule is COc1ccc(NC(=O)c2ccc3[nH]c4c(c3c2)C[C@H](C)CC4)cc1. The van der Waals surface area contributed by atoms with Crippen LogP contribution in [0.25, 0.3) is 10.9 Å². The molecule has 1 atom stereocenters. The first-order valence-corrected chi connectivity index (χ1v) is 8.73. The number of amides is 1. The molecule has 0 unspecified atom stereocenters. The molecule has 1 aliphatic rings. The fraction of sp³-hybridized carbons (Fsp3) is 0.286. The van der Waals surface area contributed by atoms with Crippen molar-refractivity contribution in [1.82, 2.24) is 4.98 Å². The van der Waals surface area contributed by atoms with E-state index in [9.17, 15) is 4.79 Å². The van der Waals surface area contributed by atoms with Crippen molar-refractivity contribution in [3.8, 4) is 5.75 Å². The van der Waals surface area contributed by atoms with Gasteiger partial charge in [0.1, 0.15) is 5.75 Å². The van der Waals surface area contributed by atoms with Crippen LogP contribution >= 0.6 is 0 Å². The third kappa shape index (κ3) is 3.00. The molecule has 0 fully saturated rings. The van der Waals surface area contributed by atoms with Crippen LogP contribution in [-0.4, -0.2) is 18.0 Å². The number of aromatic nitrogens is 1. The van der Waals surface area contributed by atoms with Crippen LogP contribution < -0.4 is 10.1 Å². The molecule has 0 radical (unpaired) electrons. The summed E-state index contributed by atoms with van der Waals surface area (Å²) in [5.74, 6) is 1.38. The monoisotopic (exact) mass is 334 g/mol. The Kier molecular flexibility index (Phi) is 3.96. The highest BCUT2D eigenvalue weighted by Gasteiger charge is 2.20. The highest BCUT2D eigenvalue weighted by atomic mass is 16.5. The molecular weight excluding hydrogens is 312 g/mol. The molecule has 0 saturated heterocycles. The van der Waals surface area contributed by atoms with E-state index >= 15 is 0 Å². The fourth-order valence-electron chi connectivity index (χ4n) is 3.61. The lowest BCUT2D eigenvalue weighted by atomic mass is 9.87. The van der Waals surface area contributed by atoms with Gasteiger partial charge in [-0.3, -0.25) is 4.79 Å². The molecule has 1 amide bonds. The Balaban J connectivity index is 1.62. The minimum Gasteiger partial charge on any atom is -0.497 e. The Morgan fingerprint density at radius 2 is 2.00 bits per heavy atom. The van der Waals surface area contributed by atoms with Gasteiger partial charge in [0.25, 0.3) is 5.91 Å². The maximum atomic E-state index is 12.6. The predicted octanol–water partition coefficient (Wildman–Crippen LogP) is 4.55. The van der Waals surface area contributed by atoms with Crippen LogP contribution in [0.1, 0.15) is 35.0 Å². The molecule has 1 aliphatic carbocycles. The zero-order valence-corrected chi connectivity index (χ0v) is 14.6. The van der Waals surface area contributed by atoms with E-state index in [0.717, 1.165) is 29.8 Å². The minimum atomic E-state index is -0.0918. The molecule has 1 aromatic heterocycles. The smallest absolute Gasteiger partial charge is 0.255 e. The van der Waals surface area contributed by atoms with Gasteiger partial charge in [-0.1, -0.05) is 6.92 Å². The quantitative estimate of drug-likeness (QED) is 0.738. The lowest BCUT2D eigenvalue weighted by Crippen LogP contribution is -2.12. The van der Waals surface area contributed by atoms with Crippen molar-refractivity contribution in [2.75, 3.05) is 12.4 Å². The number of carbonyl (C=O) groups excluding carboxylic acids is 1. The van der Waals surface area contributed by atoms with E-state index in [1.54, 1.807) is 7.11 Å². The van der Waals surface area contributed by atoms with Gasteiger partial charge in [0.05, 0.1) is 7.11 Å². The Labute approximate surface area is 147 Å². The maximum absolute atomic E-state index is 12.6. The van der Waals surface area contributed by atoms with Crippen molar-refractivity contribution in [1.29, 1.82) is 0 Å². The first kappa shape index (κ1) is 15.8. The summed E-state index contributed by atoms with van der Waals surface area (Å²) in [4.78, 5) is 16.1. The standard InChI is InChI=1S/C21H22N2O2/c1-13-3-9-19-17(11-13)18-12-14(4-10-20(18)23-19)21(24)22-15-5-7-16(25-2)8-6-15/h4-8,10,12-13,23H,3,9,11H2,1-2H3,(H,22,24)/t13-/m1/s1. The van der Waals surface area contributed by atoms with Gasteiger partial charge in [-0.05, 0) is 73.2 Å². The van der Waals surface area contributed by atoms with Crippen molar-refractivity contribution in [2.24, 2.45) is 5.92 Å². The van der Waals surface area contributed by atoms with Crippen LogP contribution in [0.4, 0.5) is 5.69 Å². The van der Waals surface area contributed by atoms with Crippen LogP contribution in [0.15, 0.2) is 42.5 Å². The molecule has 4 nitrogen and oxygen atoms in total. The van der Waals surface area contributed by atoms with Gasteiger partial charge in [0.2, 0.25) is 0 Å². The average molecular weight is 334 g/mol. The number of rotatable bonds is 3. The third-order valence-corrected chi connectivity index (χ3v) is 5.04. The van der Waals surface area contributed by atoms with Crippen LogP contribution in [0.2, 0.25) is 0 Å². The first-order chi connectivity index (χ1) is 12.1. The second-order valence-electron chi connectivity index (χ2n) is 6.87. The molecule has 0 spiro atoms. The zero-order chi connectivity index (χ0) is 17.4. The normalized spacial score (nSPS) is 16.5. The van der Waals surface area contributed by atoms with Gasteiger partial charge in [-0.25, -0.2) is 0 Å². The Hall–Kier alpha value is -2.75. The fourth-order valence-corrected chi connectivity index (χ4v) is 3.61. The molecular formula is C21H22N2O2. The summed E-state index contributed by atoms with van der Waals surface area (Å²) in [6.45, 7) is 2.29. The second-order valence-corrected chi connectivity index (χ2v) is 6.87. The summed E-state index contributed by atoms with van der Waals surface area (Å²) in [6.07, 6.45) is 3.40. The Morgan fingerprint density at radius 1 is 1.20 bits per heavy atom. The van der Waals surface area contributed by atoms with Crippen LogP contribution in [0, 0.1) is 5.92 Å². The topological polar surface area (TPSA) is 54.1 Å². The molecule has 4 rings (SSSR count). The van der Waals surface area contributed by atoms with Crippen LogP contribution in [0.3, 0.4) is 0 Å². The van der Waals surface area contributed by atoms with E-state index in [-0.39, 0.29) is 5.91 Å². The van der Waals surface area contributed by atoms with Crippen molar-refractivity contribution in [3.05, 3.63) is 59.3 Å². The molecule has 2 N–H and O–H groups in total. The highest BCUT2D eigenvalue weighted by Crippen LogP contribution is 2.32. The van der Waals surface area contributed by atoms with Gasteiger partial charge in [0.15, 0.2) is 0 Å². The maximum Gasteiger partial charge on any atom is 0.255 e. The summed E-state index contributed by atoms with van der Waals surface area (Å²) in [6, 6.07) is 13.3. The third-order valence-electron chi connectivity index (χ3n) is 5.04. The number of fused-ring (bicyclic) bond motifs is 3. The van der Waals surface area contributed by atoms with E-state index in [4.69, 9.17) is 4.74 Å². The summed E-state index contributed by atoms with van der Waals surface area (Å²) in [5.41, 5.74) is 5.28. The van der Waals surface area contributed by atoms with Gasteiger partial charge in [-0.15, -0.1) is 0 Å². The number of anilines is 1. The number of ether oxygens (including phenoxy) is 1. The van der Waals surface area contributed by atoms with E-state index in [1.165, 1.54) is 23.1 Å². The Bertz CT molecular complexity index is 925. The lowest BCUT2D eigenvalue weighted by Gasteiger charge is -2.18. The summed E-state index contributed by atoms with van der Waals surface area (Å²) in [5, 5.41) is 4.13. The van der Waals surface area contributed by atoms with Gasteiger partial charge < -0.3 is 15.0 Å². The van der Waals surface area contributed by atoms with Crippen molar-refractivity contribution < 1.29 is 9.53 Å². The molecule has 128 valence electrons. The number of hydrogen-bond acceptors (Lipinski definition) is 2. The number of methoxy groups -OCH3 is 1. The summed E-state index contributed by atoms with van der Waals surface area (Å²) < 4.78 is 5.14. The molecule has 3 aromatic rings. The van der Waals surface area contributed by atoms with E-state index in [0.29, 0.717) is 11.5 Å². The van der Waals surface area contributed by atoms with Gasteiger partial charge in [-0.2, -0.15) is 0 Å². The van der Waals surface area contributed by atoms with E-state index in [2.05, 4.69) is 17.2 Å². The second kappa shape index (κ2) is 6.28. The summed E-state index contributed by atoms with van der Waals surface area (Å²) >= 11 is 0.